The average Bonchev–Trinajstić information content (AvgIpc) is 2.96. The molecule has 2 aromatic rings. The number of carboxylic acid groups (broad SMARTS) is 1. The number of H-pyrrole nitrogens is 1. The Bertz CT molecular complexity index is 836. The lowest BCUT2D eigenvalue weighted by Gasteiger charge is -2.41. The number of anilines is 1. The van der Waals surface area contributed by atoms with Crippen molar-refractivity contribution in [1.82, 2.24) is 4.98 Å². The first-order valence-electron chi connectivity index (χ1n) is 9.21. The summed E-state index contributed by atoms with van der Waals surface area (Å²) in [6.07, 6.45) is 3.32. The lowest BCUT2D eigenvalue weighted by Crippen LogP contribution is -2.44. The number of nitrogens with one attached hydrogen (secondary N) is 1. The summed E-state index contributed by atoms with van der Waals surface area (Å²) < 4.78 is 5.74. The Morgan fingerprint density at radius 1 is 1.35 bits per heavy atom. The summed E-state index contributed by atoms with van der Waals surface area (Å²) >= 11 is 0. The van der Waals surface area contributed by atoms with Crippen LogP contribution in [-0.4, -0.2) is 27.6 Å². The van der Waals surface area contributed by atoms with Crippen LogP contribution in [0.15, 0.2) is 18.2 Å². The highest BCUT2D eigenvalue weighted by atomic mass is 16.6. The van der Waals surface area contributed by atoms with E-state index in [0.29, 0.717) is 12.8 Å². The number of rotatable bonds is 6. The number of nitrogen functional groups attached to an aromatic ring is 1. The molecular formula is C20H26N2O4. The summed E-state index contributed by atoms with van der Waals surface area (Å²) in [7, 11) is 0. The molecule has 3 rings (SSSR count). The Morgan fingerprint density at radius 3 is 2.73 bits per heavy atom. The summed E-state index contributed by atoms with van der Waals surface area (Å²) in [6.45, 7) is 4.00. The zero-order chi connectivity index (χ0) is 18.9. The van der Waals surface area contributed by atoms with Gasteiger partial charge in [-0.05, 0) is 55.9 Å². The molecule has 6 nitrogen and oxygen atoms in total. The highest BCUT2D eigenvalue weighted by molar-refractivity contribution is 5.90. The van der Waals surface area contributed by atoms with E-state index in [4.69, 9.17) is 15.6 Å². The summed E-state index contributed by atoms with van der Waals surface area (Å²) in [5.41, 5.74) is 9.59. The fourth-order valence-corrected chi connectivity index (χ4v) is 4.34. The molecule has 0 bridgehead atoms. The normalized spacial score (nSPS) is 17.1. The Labute approximate surface area is 152 Å². The molecule has 1 aliphatic carbocycles. The summed E-state index contributed by atoms with van der Waals surface area (Å²) in [5, 5.41) is 10.0. The van der Waals surface area contributed by atoms with Crippen LogP contribution < -0.4 is 5.73 Å². The maximum atomic E-state index is 12.0. The number of aromatic nitrogens is 1. The number of carboxylic acids is 1. The van der Waals surface area contributed by atoms with E-state index in [2.05, 4.69) is 4.98 Å². The Morgan fingerprint density at radius 2 is 2.08 bits per heavy atom. The number of hydrogen-bond acceptors (Lipinski definition) is 4. The van der Waals surface area contributed by atoms with Crippen LogP contribution in [0.25, 0.3) is 10.9 Å². The Balaban J connectivity index is 1.87. The van der Waals surface area contributed by atoms with Gasteiger partial charge in [0, 0.05) is 28.2 Å². The monoisotopic (exact) mass is 358 g/mol. The molecule has 1 aliphatic rings. The lowest BCUT2D eigenvalue weighted by atomic mass is 9.73. The van der Waals surface area contributed by atoms with Crippen LogP contribution in [-0.2, 0) is 27.2 Å². The van der Waals surface area contributed by atoms with Gasteiger partial charge in [-0.15, -0.1) is 0 Å². The van der Waals surface area contributed by atoms with E-state index in [1.807, 2.05) is 32.0 Å². The molecule has 1 aromatic heterocycles. The number of carbonyl (C=O) groups excluding carboxylic acids is 1. The molecule has 0 saturated carbocycles. The zero-order valence-electron chi connectivity index (χ0n) is 15.3. The van der Waals surface area contributed by atoms with Gasteiger partial charge in [0.25, 0.3) is 0 Å². The van der Waals surface area contributed by atoms with Gasteiger partial charge in [-0.3, -0.25) is 9.59 Å². The van der Waals surface area contributed by atoms with Gasteiger partial charge >= 0.3 is 11.9 Å². The first-order valence-corrected chi connectivity index (χ1v) is 9.21. The van der Waals surface area contributed by atoms with Crippen molar-refractivity contribution in [1.29, 1.82) is 0 Å². The quantitative estimate of drug-likeness (QED) is 0.417. The summed E-state index contributed by atoms with van der Waals surface area (Å²) in [5.74, 6) is -1.65. The topological polar surface area (TPSA) is 105 Å². The Kier molecular flexibility index (Phi) is 4.94. The summed E-state index contributed by atoms with van der Waals surface area (Å²) in [4.78, 5) is 26.3. The van der Waals surface area contributed by atoms with E-state index in [1.165, 1.54) is 16.6 Å². The fourth-order valence-electron chi connectivity index (χ4n) is 4.34. The highest BCUT2D eigenvalue weighted by Gasteiger charge is 2.41. The summed E-state index contributed by atoms with van der Waals surface area (Å²) in [6, 6.07) is 5.89. The second kappa shape index (κ2) is 7.02. The minimum atomic E-state index is -1.16. The SMILES string of the molecule is CCC(CC)(OC(=O)CC(=O)O)C1CCc2c([nH]c3ccc(N)cc23)C1. The van der Waals surface area contributed by atoms with E-state index < -0.39 is 24.0 Å². The van der Waals surface area contributed by atoms with E-state index in [-0.39, 0.29) is 5.92 Å². The molecule has 1 aromatic carbocycles. The van der Waals surface area contributed by atoms with E-state index in [0.717, 1.165) is 30.5 Å². The largest absolute Gasteiger partial charge is 0.481 e. The van der Waals surface area contributed by atoms with Crippen LogP contribution in [0, 0.1) is 5.92 Å². The van der Waals surface area contributed by atoms with E-state index >= 15 is 0 Å². The molecule has 6 heteroatoms. The van der Waals surface area contributed by atoms with Gasteiger partial charge in [-0.2, -0.15) is 0 Å². The molecule has 1 atom stereocenters. The molecule has 0 saturated heterocycles. The number of fused-ring (bicyclic) bond motifs is 3. The number of aromatic amines is 1. The maximum Gasteiger partial charge on any atom is 0.317 e. The molecule has 26 heavy (non-hydrogen) atoms. The predicted molar refractivity (Wildman–Crippen MR) is 99.9 cm³/mol. The molecule has 0 spiro atoms. The van der Waals surface area contributed by atoms with Gasteiger partial charge < -0.3 is 20.6 Å². The van der Waals surface area contributed by atoms with Crippen LogP contribution in [0.1, 0.15) is 50.8 Å². The van der Waals surface area contributed by atoms with Crippen molar-refractivity contribution >= 4 is 28.5 Å². The smallest absolute Gasteiger partial charge is 0.317 e. The van der Waals surface area contributed by atoms with Crippen molar-refractivity contribution in [3.05, 3.63) is 29.5 Å². The van der Waals surface area contributed by atoms with Gasteiger partial charge in [0.1, 0.15) is 12.0 Å². The molecule has 0 fully saturated rings. The van der Waals surface area contributed by atoms with Crippen molar-refractivity contribution in [2.45, 2.75) is 58.0 Å². The van der Waals surface area contributed by atoms with Crippen molar-refractivity contribution in [3.8, 4) is 0 Å². The standard InChI is InChI=1S/C20H26N2O4/c1-3-20(4-2,26-19(25)11-18(23)24)12-5-7-14-15-10-13(21)6-8-16(15)22-17(14)9-12/h6,8,10,12,22H,3-5,7,9,11,21H2,1-2H3,(H,23,24). The number of benzene rings is 1. The third-order valence-electron chi connectivity index (χ3n) is 5.77. The molecule has 1 heterocycles. The highest BCUT2D eigenvalue weighted by Crippen LogP contribution is 2.41. The third-order valence-corrected chi connectivity index (χ3v) is 5.77. The number of ether oxygens (including phenoxy) is 1. The number of carbonyl (C=O) groups is 2. The lowest BCUT2D eigenvalue weighted by molar-refractivity contribution is -0.171. The average molecular weight is 358 g/mol. The van der Waals surface area contributed by atoms with Crippen molar-refractivity contribution in [2.75, 3.05) is 5.73 Å². The molecule has 140 valence electrons. The van der Waals surface area contributed by atoms with Crippen molar-refractivity contribution in [2.24, 2.45) is 5.92 Å². The Hall–Kier alpha value is -2.50. The number of esters is 1. The number of nitrogens with two attached hydrogens (primary N) is 1. The number of aliphatic carboxylic acids is 1. The second-order valence-electron chi connectivity index (χ2n) is 7.14. The van der Waals surface area contributed by atoms with Crippen LogP contribution in [0.5, 0.6) is 0 Å². The van der Waals surface area contributed by atoms with Gasteiger partial charge in [-0.25, -0.2) is 0 Å². The van der Waals surface area contributed by atoms with Gasteiger partial charge in [0.15, 0.2) is 0 Å². The first kappa shape index (κ1) is 18.3. The van der Waals surface area contributed by atoms with Crippen LogP contribution in [0.2, 0.25) is 0 Å². The van der Waals surface area contributed by atoms with Crippen LogP contribution >= 0.6 is 0 Å². The molecular weight excluding hydrogens is 332 g/mol. The van der Waals surface area contributed by atoms with Gasteiger partial charge in [0.2, 0.25) is 0 Å². The second-order valence-corrected chi connectivity index (χ2v) is 7.14. The maximum absolute atomic E-state index is 12.0. The first-order chi connectivity index (χ1) is 12.4. The van der Waals surface area contributed by atoms with Crippen LogP contribution in [0.4, 0.5) is 5.69 Å². The van der Waals surface area contributed by atoms with Gasteiger partial charge in [-0.1, -0.05) is 13.8 Å². The molecule has 0 aliphatic heterocycles. The van der Waals surface area contributed by atoms with Gasteiger partial charge in [0.05, 0.1) is 0 Å². The zero-order valence-corrected chi connectivity index (χ0v) is 15.3. The van der Waals surface area contributed by atoms with Crippen molar-refractivity contribution in [3.63, 3.8) is 0 Å². The third kappa shape index (κ3) is 3.28. The van der Waals surface area contributed by atoms with E-state index in [1.54, 1.807) is 0 Å². The minimum Gasteiger partial charge on any atom is -0.481 e. The number of hydrogen-bond donors (Lipinski definition) is 3. The fraction of sp³-hybridized carbons (Fsp3) is 0.500. The number of aryl methyl sites for hydroxylation is 1. The van der Waals surface area contributed by atoms with Crippen LogP contribution in [0.3, 0.4) is 0 Å². The molecule has 4 N–H and O–H groups in total. The molecule has 0 amide bonds. The minimum absolute atomic E-state index is 0.160. The predicted octanol–water partition coefficient (Wildman–Crippen LogP) is 3.43. The molecule has 1 unspecified atom stereocenters. The molecule has 0 radical (unpaired) electrons. The van der Waals surface area contributed by atoms with E-state index in [9.17, 15) is 9.59 Å². The van der Waals surface area contributed by atoms with Crippen molar-refractivity contribution < 1.29 is 19.4 Å².